The summed E-state index contributed by atoms with van der Waals surface area (Å²) in [5.41, 5.74) is 4.90. The van der Waals surface area contributed by atoms with Gasteiger partial charge in [0.1, 0.15) is 5.69 Å². The highest BCUT2D eigenvalue weighted by molar-refractivity contribution is 5.90. The van der Waals surface area contributed by atoms with Gasteiger partial charge >= 0.3 is 6.03 Å². The number of nitrogens with one attached hydrogen (secondary N) is 2. The van der Waals surface area contributed by atoms with Crippen LogP contribution in [0.2, 0.25) is 0 Å². The second-order valence-electron chi connectivity index (χ2n) is 7.71. The number of urea groups is 1. The van der Waals surface area contributed by atoms with Crippen LogP contribution in [0.3, 0.4) is 0 Å². The van der Waals surface area contributed by atoms with E-state index >= 15 is 0 Å². The van der Waals surface area contributed by atoms with Crippen molar-refractivity contribution in [3.63, 3.8) is 0 Å². The monoisotopic (exact) mass is 451 g/mol. The van der Waals surface area contributed by atoms with E-state index in [4.69, 9.17) is 19.3 Å². The van der Waals surface area contributed by atoms with E-state index in [1.54, 1.807) is 18.3 Å². The second-order valence-corrected chi connectivity index (χ2v) is 7.71. The summed E-state index contributed by atoms with van der Waals surface area (Å²) in [6.07, 6.45) is 6.10. The molecule has 1 aromatic carbocycles. The first-order chi connectivity index (χ1) is 16.1. The first-order valence-electron chi connectivity index (χ1n) is 11.0. The smallest absolute Gasteiger partial charge is 0.319 e. The molecular weight excluding hydrogens is 422 g/mol. The van der Waals surface area contributed by atoms with Crippen LogP contribution in [0, 0.1) is 0 Å². The number of pyridine rings is 1. The molecule has 0 bridgehead atoms. The number of ether oxygens (including phenoxy) is 3. The zero-order valence-corrected chi connectivity index (χ0v) is 19.2. The number of nitrogens with zero attached hydrogens (tertiary/aromatic N) is 3. The Hall–Kier alpha value is -3.75. The van der Waals surface area contributed by atoms with E-state index in [1.807, 2.05) is 22.9 Å². The molecule has 0 aliphatic heterocycles. The van der Waals surface area contributed by atoms with Gasteiger partial charge in [0.25, 0.3) is 0 Å². The van der Waals surface area contributed by atoms with Gasteiger partial charge in [-0.15, -0.1) is 0 Å². The van der Waals surface area contributed by atoms with Gasteiger partial charge in [-0.3, -0.25) is 9.67 Å². The Labute approximate surface area is 193 Å². The number of hydrogen-bond donors (Lipinski definition) is 2. The van der Waals surface area contributed by atoms with Crippen molar-refractivity contribution in [2.45, 2.75) is 32.2 Å². The zero-order chi connectivity index (χ0) is 23.2. The molecule has 1 aliphatic rings. The average Bonchev–Trinajstić information content (AvgIpc) is 3.22. The van der Waals surface area contributed by atoms with Crippen molar-refractivity contribution in [2.75, 3.05) is 33.2 Å². The van der Waals surface area contributed by atoms with Crippen molar-refractivity contribution in [3.05, 3.63) is 47.8 Å². The molecule has 174 valence electrons. The zero-order valence-electron chi connectivity index (χ0n) is 19.2. The molecule has 2 N–H and O–H groups in total. The van der Waals surface area contributed by atoms with Gasteiger partial charge in [0.05, 0.1) is 39.3 Å². The molecule has 2 amide bonds. The van der Waals surface area contributed by atoms with Crippen LogP contribution in [0.1, 0.15) is 24.1 Å². The number of methoxy groups -OCH3 is 3. The molecule has 2 aromatic heterocycles. The van der Waals surface area contributed by atoms with Crippen LogP contribution >= 0.6 is 0 Å². The second kappa shape index (κ2) is 10.2. The average molecular weight is 452 g/mol. The molecule has 0 spiro atoms. The summed E-state index contributed by atoms with van der Waals surface area (Å²) in [5.74, 6) is 1.41. The molecule has 3 aromatic rings. The lowest BCUT2D eigenvalue weighted by Crippen LogP contribution is -2.32. The van der Waals surface area contributed by atoms with Crippen molar-refractivity contribution in [1.29, 1.82) is 0 Å². The van der Waals surface area contributed by atoms with Crippen molar-refractivity contribution in [2.24, 2.45) is 0 Å². The molecule has 9 heteroatoms. The maximum absolute atomic E-state index is 12.5. The summed E-state index contributed by atoms with van der Waals surface area (Å²) in [5, 5.41) is 10.6. The third-order valence-corrected chi connectivity index (χ3v) is 5.70. The topological polar surface area (TPSA) is 99.5 Å². The van der Waals surface area contributed by atoms with Crippen molar-refractivity contribution in [1.82, 2.24) is 20.1 Å². The van der Waals surface area contributed by atoms with E-state index in [0.29, 0.717) is 36.0 Å². The molecule has 0 saturated heterocycles. The van der Waals surface area contributed by atoms with Crippen LogP contribution in [0.25, 0.3) is 11.4 Å². The Balaban J connectivity index is 1.42. The van der Waals surface area contributed by atoms with Crippen LogP contribution < -0.4 is 24.8 Å². The van der Waals surface area contributed by atoms with E-state index < -0.39 is 0 Å². The lowest BCUT2D eigenvalue weighted by atomic mass is 9.95. The summed E-state index contributed by atoms with van der Waals surface area (Å²) in [6.45, 7) is 1.02. The molecule has 0 radical (unpaired) electrons. The summed E-state index contributed by atoms with van der Waals surface area (Å²) in [4.78, 5) is 17.0. The van der Waals surface area contributed by atoms with Crippen molar-refractivity contribution >= 4 is 11.7 Å². The predicted octanol–water partition coefficient (Wildman–Crippen LogP) is 3.67. The number of hydrogen-bond acceptors (Lipinski definition) is 6. The number of amides is 2. The van der Waals surface area contributed by atoms with E-state index in [0.717, 1.165) is 37.1 Å². The lowest BCUT2D eigenvalue weighted by Gasteiger charge is -2.16. The van der Waals surface area contributed by atoms with Gasteiger partial charge in [0.15, 0.2) is 11.5 Å². The number of carbonyl (C=O) groups is 1. The number of anilines is 1. The minimum atomic E-state index is -0.324. The molecular formula is C24H29N5O4. The first kappa shape index (κ1) is 22.4. The lowest BCUT2D eigenvalue weighted by molar-refractivity contribution is 0.251. The van der Waals surface area contributed by atoms with Crippen LogP contribution in [0.4, 0.5) is 10.5 Å². The van der Waals surface area contributed by atoms with Crippen LogP contribution in [0.5, 0.6) is 17.2 Å². The van der Waals surface area contributed by atoms with Gasteiger partial charge in [0.2, 0.25) is 5.75 Å². The molecule has 4 rings (SSSR count). The Morgan fingerprint density at radius 1 is 1.06 bits per heavy atom. The summed E-state index contributed by atoms with van der Waals surface area (Å²) < 4.78 is 18.0. The SMILES string of the molecule is COc1cc(NC(=O)NCCn2nc(-c3ccccn3)c3c2CCCC3)cc(OC)c1OC. The summed E-state index contributed by atoms with van der Waals surface area (Å²) >= 11 is 0. The maximum Gasteiger partial charge on any atom is 0.319 e. The van der Waals surface area contributed by atoms with E-state index in [1.165, 1.54) is 32.6 Å². The van der Waals surface area contributed by atoms with Crippen LogP contribution in [-0.2, 0) is 19.4 Å². The number of aromatic nitrogens is 3. The summed E-state index contributed by atoms with van der Waals surface area (Å²) in [7, 11) is 4.60. The Kier molecular flexibility index (Phi) is 6.97. The van der Waals surface area contributed by atoms with E-state index in [9.17, 15) is 4.79 Å². The standard InChI is InChI=1S/C24H29N5O4/c1-31-20-14-16(15-21(32-2)23(20)33-3)27-24(30)26-12-13-29-19-10-5-4-8-17(19)22(28-29)18-9-6-7-11-25-18/h6-7,9,11,14-15H,4-5,8,10,12-13H2,1-3H3,(H2,26,27,30). The fourth-order valence-corrected chi connectivity index (χ4v) is 4.17. The quantitative estimate of drug-likeness (QED) is 0.542. The predicted molar refractivity (Wildman–Crippen MR) is 125 cm³/mol. The molecule has 0 saturated carbocycles. The molecule has 9 nitrogen and oxygen atoms in total. The molecule has 0 unspecified atom stereocenters. The van der Waals surface area contributed by atoms with E-state index in [2.05, 4.69) is 15.6 Å². The number of carbonyl (C=O) groups excluding carboxylic acids is 1. The molecule has 2 heterocycles. The fourth-order valence-electron chi connectivity index (χ4n) is 4.17. The molecule has 0 fully saturated rings. The molecule has 33 heavy (non-hydrogen) atoms. The van der Waals surface area contributed by atoms with Gasteiger partial charge in [-0.05, 0) is 37.8 Å². The van der Waals surface area contributed by atoms with Crippen molar-refractivity contribution < 1.29 is 19.0 Å². The van der Waals surface area contributed by atoms with Gasteiger partial charge < -0.3 is 24.8 Å². The first-order valence-corrected chi connectivity index (χ1v) is 11.0. The fraction of sp³-hybridized carbons (Fsp3) is 0.375. The van der Waals surface area contributed by atoms with Gasteiger partial charge in [-0.2, -0.15) is 5.10 Å². The number of benzene rings is 1. The summed E-state index contributed by atoms with van der Waals surface area (Å²) in [6, 6.07) is 8.92. The highest BCUT2D eigenvalue weighted by Crippen LogP contribution is 2.39. The van der Waals surface area contributed by atoms with Crippen LogP contribution in [0.15, 0.2) is 36.5 Å². The Bertz CT molecular complexity index is 1090. The number of fused-ring (bicyclic) bond motifs is 1. The van der Waals surface area contributed by atoms with Gasteiger partial charge in [-0.1, -0.05) is 6.07 Å². The van der Waals surface area contributed by atoms with Gasteiger partial charge in [0, 0.05) is 36.1 Å². The minimum absolute atomic E-state index is 0.324. The van der Waals surface area contributed by atoms with Crippen molar-refractivity contribution in [3.8, 4) is 28.6 Å². The largest absolute Gasteiger partial charge is 0.493 e. The van der Waals surface area contributed by atoms with Crippen LogP contribution in [-0.4, -0.2) is 48.7 Å². The third kappa shape index (κ3) is 4.87. The highest BCUT2D eigenvalue weighted by atomic mass is 16.5. The normalized spacial score (nSPS) is 12.6. The Morgan fingerprint density at radius 2 is 1.82 bits per heavy atom. The maximum atomic E-state index is 12.5. The molecule has 0 atom stereocenters. The van der Waals surface area contributed by atoms with Gasteiger partial charge in [-0.25, -0.2) is 4.79 Å². The third-order valence-electron chi connectivity index (χ3n) is 5.70. The number of rotatable bonds is 8. The Morgan fingerprint density at radius 3 is 2.48 bits per heavy atom. The highest BCUT2D eigenvalue weighted by Gasteiger charge is 2.22. The van der Waals surface area contributed by atoms with E-state index in [-0.39, 0.29) is 6.03 Å². The minimum Gasteiger partial charge on any atom is -0.493 e. The molecule has 1 aliphatic carbocycles.